The summed E-state index contributed by atoms with van der Waals surface area (Å²) >= 11 is 0. The summed E-state index contributed by atoms with van der Waals surface area (Å²) < 4.78 is 0. The van der Waals surface area contributed by atoms with Gasteiger partial charge in [-0.1, -0.05) is 60.7 Å². The summed E-state index contributed by atoms with van der Waals surface area (Å²) in [5.74, 6) is 10.9. The quantitative estimate of drug-likeness (QED) is 0.410. The van der Waals surface area contributed by atoms with Gasteiger partial charge >= 0.3 is 0 Å². The summed E-state index contributed by atoms with van der Waals surface area (Å²) in [5.41, 5.74) is 9.46. The molecule has 1 atom stereocenters. The van der Waals surface area contributed by atoms with Crippen LogP contribution in [0.4, 0.5) is 0 Å². The largest absolute Gasteiger partial charge is 0.323 e. The van der Waals surface area contributed by atoms with Crippen LogP contribution in [0.1, 0.15) is 42.7 Å². The van der Waals surface area contributed by atoms with Crippen molar-refractivity contribution in [3.05, 3.63) is 71.8 Å². The predicted molar refractivity (Wildman–Crippen MR) is 116 cm³/mol. The smallest absolute Gasteiger partial charge is 0.192 e. The maximum absolute atomic E-state index is 13.5. The zero-order valence-electron chi connectivity index (χ0n) is 16.8. The number of hydrogen-bond acceptors (Lipinski definition) is 7. The molecule has 2 fully saturated rings. The van der Waals surface area contributed by atoms with Crippen LogP contribution < -0.4 is 11.7 Å². The average Bonchev–Trinajstić information content (AvgIpc) is 3.04. The first-order chi connectivity index (χ1) is 14.6. The van der Waals surface area contributed by atoms with Crippen molar-refractivity contribution < 1.29 is 4.79 Å². The van der Waals surface area contributed by atoms with E-state index in [1.54, 1.807) is 0 Å². The molecule has 2 aliphatic carbocycles. The Balaban J connectivity index is 1.70. The van der Waals surface area contributed by atoms with Gasteiger partial charge in [-0.3, -0.25) is 4.79 Å². The van der Waals surface area contributed by atoms with Crippen molar-refractivity contribution in [2.75, 3.05) is 0 Å². The van der Waals surface area contributed by atoms with E-state index in [2.05, 4.69) is 27.4 Å². The third-order valence-electron chi connectivity index (χ3n) is 6.82. The fourth-order valence-corrected chi connectivity index (χ4v) is 5.25. The number of benzene rings is 2. The molecule has 5 N–H and O–H groups in total. The topological polar surface area (TPSA) is 130 Å². The summed E-state index contributed by atoms with van der Waals surface area (Å²) in [4.78, 5) is 13.5. The first kappa shape index (κ1) is 19.9. The Kier molecular flexibility index (Phi) is 5.20. The van der Waals surface area contributed by atoms with Crippen LogP contribution in [0.25, 0.3) is 0 Å². The minimum Gasteiger partial charge on any atom is -0.323 e. The number of hydrazone groups is 2. The molecule has 1 unspecified atom stereocenters. The number of hydrogen-bond donors (Lipinski definition) is 3. The van der Waals surface area contributed by atoms with Crippen LogP contribution in [0, 0.1) is 10.9 Å². The molecule has 0 radical (unpaired) electrons. The van der Waals surface area contributed by atoms with Crippen molar-refractivity contribution in [2.24, 2.45) is 32.4 Å². The third-order valence-corrected chi connectivity index (χ3v) is 6.82. The number of carbonyl (C=O) groups is 1. The van der Waals surface area contributed by atoms with E-state index in [-0.39, 0.29) is 17.4 Å². The molecule has 0 saturated heterocycles. The van der Waals surface area contributed by atoms with E-state index in [1.165, 1.54) is 0 Å². The second kappa shape index (κ2) is 7.82. The van der Waals surface area contributed by atoms with Crippen LogP contribution in [0.5, 0.6) is 0 Å². The fourth-order valence-electron chi connectivity index (χ4n) is 5.25. The second-order valence-corrected chi connectivity index (χ2v) is 8.32. The maximum Gasteiger partial charge on any atom is 0.192 e. The zero-order chi connectivity index (χ0) is 21.2. The number of nitrogens with two attached hydrogens (primary N) is 2. The summed E-state index contributed by atoms with van der Waals surface area (Å²) in [6.07, 6.45) is 3.12. The Morgan fingerprint density at radius 3 is 2.03 bits per heavy atom. The lowest BCUT2D eigenvalue weighted by Crippen LogP contribution is -2.44. The van der Waals surface area contributed by atoms with Crippen LogP contribution in [0.15, 0.2) is 76.0 Å². The number of carbonyl (C=O) groups excluding carboxylic acids is 1. The van der Waals surface area contributed by atoms with Gasteiger partial charge in [-0.2, -0.15) is 15.3 Å². The van der Waals surface area contributed by atoms with Crippen LogP contribution in [0.3, 0.4) is 0 Å². The molecule has 1 spiro atoms. The van der Waals surface area contributed by atoms with Gasteiger partial charge in [0.15, 0.2) is 11.5 Å². The average molecular weight is 403 g/mol. The lowest BCUT2D eigenvalue weighted by molar-refractivity contribution is -0.123. The Hall–Kier alpha value is -3.35. The van der Waals surface area contributed by atoms with Crippen LogP contribution in [-0.4, -0.2) is 22.7 Å². The van der Waals surface area contributed by atoms with Crippen molar-refractivity contribution in [1.29, 1.82) is 5.53 Å². The van der Waals surface area contributed by atoms with Gasteiger partial charge in [0, 0.05) is 11.3 Å². The van der Waals surface area contributed by atoms with Gasteiger partial charge in [-0.25, -0.2) is 5.53 Å². The Bertz CT molecular complexity index is 991. The number of Topliss-reactive ketones (excluding diaryl/α,β-unsaturated/α-hetero) is 1. The maximum atomic E-state index is 13.5. The standard InChI is InChI=1S/C23H26N6O/c24-27-19-18(17-9-5-2-6-10-17)23(21(30)20(19)28-25)13-11-22(29-26,12-14-23)15-16-7-3-1-4-8-16/h1-10,18,26H,11-15,24-25H2. The van der Waals surface area contributed by atoms with Crippen LogP contribution >= 0.6 is 0 Å². The van der Waals surface area contributed by atoms with Gasteiger partial charge in [0.05, 0.1) is 11.3 Å². The number of ketones is 1. The molecule has 0 bridgehead atoms. The van der Waals surface area contributed by atoms with Crippen molar-refractivity contribution in [2.45, 2.75) is 43.6 Å². The number of rotatable bonds is 4. The molecular formula is C23H26N6O. The SMILES string of the molecule is N=NC1(Cc2ccccc2)CCC2(CC1)C(=O)C(=NN)C(=NN)C2c1ccccc1. The normalized spacial score (nSPS) is 31.5. The Morgan fingerprint density at radius 1 is 0.900 bits per heavy atom. The van der Waals surface area contributed by atoms with Gasteiger partial charge in [0.2, 0.25) is 0 Å². The van der Waals surface area contributed by atoms with E-state index < -0.39 is 11.0 Å². The lowest BCUT2D eigenvalue weighted by Gasteiger charge is -2.43. The monoisotopic (exact) mass is 402 g/mol. The highest BCUT2D eigenvalue weighted by Gasteiger charge is 2.60. The molecule has 2 aromatic rings. The second-order valence-electron chi connectivity index (χ2n) is 8.32. The van der Waals surface area contributed by atoms with Crippen molar-refractivity contribution >= 4 is 17.2 Å². The molecule has 0 aromatic heterocycles. The third kappa shape index (κ3) is 3.10. The van der Waals surface area contributed by atoms with Crippen molar-refractivity contribution in [1.82, 2.24) is 0 Å². The molecule has 2 aliphatic rings. The predicted octanol–water partition coefficient (Wildman–Crippen LogP) is 3.56. The molecule has 0 aliphatic heterocycles. The van der Waals surface area contributed by atoms with Gasteiger partial charge in [-0.05, 0) is 43.2 Å². The summed E-state index contributed by atoms with van der Waals surface area (Å²) in [6, 6.07) is 19.9. The molecule has 2 saturated carbocycles. The molecule has 2 aromatic carbocycles. The van der Waals surface area contributed by atoms with Crippen LogP contribution in [0.2, 0.25) is 0 Å². The van der Waals surface area contributed by atoms with Gasteiger partial charge in [0.1, 0.15) is 0 Å². The highest BCUT2D eigenvalue weighted by Crippen LogP contribution is 2.56. The first-order valence-electron chi connectivity index (χ1n) is 10.2. The molecule has 30 heavy (non-hydrogen) atoms. The Labute approximate surface area is 175 Å². The molecule has 7 nitrogen and oxygen atoms in total. The minimum atomic E-state index is -0.706. The molecule has 154 valence electrons. The summed E-state index contributed by atoms with van der Waals surface area (Å²) in [7, 11) is 0. The van der Waals surface area contributed by atoms with Gasteiger partial charge in [-0.15, -0.1) is 0 Å². The molecule has 7 heteroatoms. The minimum absolute atomic E-state index is 0.0960. The molecule has 4 rings (SSSR count). The van der Waals surface area contributed by atoms with E-state index in [1.807, 2.05) is 48.5 Å². The van der Waals surface area contributed by atoms with Gasteiger partial charge in [0.25, 0.3) is 0 Å². The first-order valence-corrected chi connectivity index (χ1v) is 10.2. The van der Waals surface area contributed by atoms with Gasteiger partial charge < -0.3 is 11.7 Å². The number of nitrogens with one attached hydrogen (secondary N) is 1. The lowest BCUT2D eigenvalue weighted by atomic mass is 9.60. The van der Waals surface area contributed by atoms with Crippen LogP contribution in [-0.2, 0) is 11.2 Å². The summed E-state index contributed by atoms with van der Waals surface area (Å²) in [5, 5.41) is 11.8. The number of nitrogens with zero attached hydrogens (tertiary/aromatic N) is 3. The fraction of sp³-hybridized carbons (Fsp3) is 0.348. The molecular weight excluding hydrogens is 376 g/mol. The Morgan fingerprint density at radius 2 is 1.50 bits per heavy atom. The van der Waals surface area contributed by atoms with E-state index in [4.69, 9.17) is 17.2 Å². The van der Waals surface area contributed by atoms with E-state index >= 15 is 0 Å². The zero-order valence-corrected chi connectivity index (χ0v) is 16.8. The molecule has 0 amide bonds. The van der Waals surface area contributed by atoms with E-state index in [0.717, 1.165) is 11.1 Å². The highest BCUT2D eigenvalue weighted by atomic mass is 16.1. The van der Waals surface area contributed by atoms with E-state index in [9.17, 15) is 4.79 Å². The van der Waals surface area contributed by atoms with E-state index in [0.29, 0.717) is 37.8 Å². The van der Waals surface area contributed by atoms with Crippen molar-refractivity contribution in [3.63, 3.8) is 0 Å². The van der Waals surface area contributed by atoms with Crippen molar-refractivity contribution in [3.8, 4) is 0 Å². The highest BCUT2D eigenvalue weighted by molar-refractivity contribution is 6.73. The summed E-state index contributed by atoms with van der Waals surface area (Å²) in [6.45, 7) is 0. The molecule has 0 heterocycles.